The lowest BCUT2D eigenvalue weighted by molar-refractivity contribution is 0.121. The molecule has 0 spiro atoms. The Kier molecular flexibility index (Phi) is 5.40. The number of benzene rings is 1. The summed E-state index contributed by atoms with van der Waals surface area (Å²) in [5, 5.41) is 13.7. The van der Waals surface area contributed by atoms with E-state index in [4.69, 9.17) is 9.26 Å². The van der Waals surface area contributed by atoms with Gasteiger partial charge in [0.2, 0.25) is 17.7 Å². The van der Waals surface area contributed by atoms with Crippen molar-refractivity contribution in [2.75, 3.05) is 31.2 Å². The predicted octanol–water partition coefficient (Wildman–Crippen LogP) is 3.04. The van der Waals surface area contributed by atoms with Crippen LogP contribution in [0.2, 0.25) is 0 Å². The fraction of sp³-hybridized carbons (Fsp3) is 0.444. The number of thioether (sulfide) groups is 1. The van der Waals surface area contributed by atoms with Crippen LogP contribution in [0.3, 0.4) is 0 Å². The van der Waals surface area contributed by atoms with Crippen LogP contribution in [-0.4, -0.2) is 51.2 Å². The molecule has 0 N–H and O–H groups in total. The highest BCUT2D eigenvalue weighted by Crippen LogP contribution is 2.35. The lowest BCUT2D eigenvalue weighted by Gasteiger charge is -2.27. The second kappa shape index (κ2) is 8.10. The lowest BCUT2D eigenvalue weighted by atomic mass is 10.2. The van der Waals surface area contributed by atoms with E-state index in [1.54, 1.807) is 11.8 Å². The number of nitrogens with zero attached hydrogens (tertiary/aromatic N) is 6. The molecule has 2 aromatic heterocycles. The molecule has 1 saturated heterocycles. The van der Waals surface area contributed by atoms with Crippen molar-refractivity contribution >= 4 is 17.7 Å². The van der Waals surface area contributed by atoms with Gasteiger partial charge in [0.1, 0.15) is 0 Å². The topological polar surface area (TPSA) is 82.1 Å². The molecule has 3 aromatic rings. The van der Waals surface area contributed by atoms with Gasteiger partial charge in [-0.3, -0.25) is 4.57 Å². The average Bonchev–Trinajstić information content (AvgIpc) is 3.36. The molecule has 0 amide bonds. The summed E-state index contributed by atoms with van der Waals surface area (Å²) in [4.78, 5) is 6.76. The highest BCUT2D eigenvalue weighted by molar-refractivity contribution is 7.99. The number of hydrogen-bond donors (Lipinski definition) is 0. The van der Waals surface area contributed by atoms with Crippen molar-refractivity contribution in [3.05, 3.63) is 36.2 Å². The molecule has 142 valence electrons. The van der Waals surface area contributed by atoms with Crippen LogP contribution >= 0.6 is 11.8 Å². The predicted molar refractivity (Wildman–Crippen MR) is 103 cm³/mol. The van der Waals surface area contributed by atoms with Gasteiger partial charge in [0, 0.05) is 25.2 Å². The van der Waals surface area contributed by atoms with Gasteiger partial charge in [0.25, 0.3) is 0 Å². The second-order valence-electron chi connectivity index (χ2n) is 6.21. The van der Waals surface area contributed by atoms with Crippen molar-refractivity contribution in [1.82, 2.24) is 24.9 Å². The first-order valence-electron chi connectivity index (χ1n) is 9.08. The number of hydrogen-bond acceptors (Lipinski definition) is 8. The molecule has 0 aliphatic carbocycles. The molecule has 1 atom stereocenters. The fourth-order valence-electron chi connectivity index (χ4n) is 2.96. The van der Waals surface area contributed by atoms with E-state index in [0.717, 1.165) is 49.5 Å². The minimum atomic E-state index is -0.0259. The molecule has 0 saturated carbocycles. The maximum Gasteiger partial charge on any atom is 0.240 e. The van der Waals surface area contributed by atoms with Crippen LogP contribution in [0, 0.1) is 0 Å². The summed E-state index contributed by atoms with van der Waals surface area (Å²) in [6.45, 7) is 8.05. The van der Waals surface area contributed by atoms with Crippen LogP contribution in [-0.2, 0) is 11.3 Å². The lowest BCUT2D eigenvalue weighted by Crippen LogP contribution is -2.38. The van der Waals surface area contributed by atoms with Crippen LogP contribution < -0.4 is 4.90 Å². The molecule has 9 heteroatoms. The maximum absolute atomic E-state index is 5.48. The highest BCUT2D eigenvalue weighted by atomic mass is 32.2. The zero-order valence-corrected chi connectivity index (χ0v) is 16.2. The molecule has 0 radical (unpaired) electrons. The minimum Gasteiger partial charge on any atom is -0.378 e. The van der Waals surface area contributed by atoms with Crippen LogP contribution in [0.15, 0.2) is 40.0 Å². The molecule has 27 heavy (non-hydrogen) atoms. The van der Waals surface area contributed by atoms with Gasteiger partial charge < -0.3 is 14.2 Å². The van der Waals surface area contributed by atoms with Gasteiger partial charge in [-0.05, 0) is 13.8 Å². The van der Waals surface area contributed by atoms with Gasteiger partial charge in [-0.2, -0.15) is 4.98 Å². The third-order valence-electron chi connectivity index (χ3n) is 4.41. The van der Waals surface area contributed by atoms with Gasteiger partial charge in [-0.25, -0.2) is 0 Å². The van der Waals surface area contributed by atoms with Crippen molar-refractivity contribution < 1.29 is 9.26 Å². The molecular weight excluding hydrogens is 364 g/mol. The molecule has 4 rings (SSSR count). The van der Waals surface area contributed by atoms with Gasteiger partial charge in [0.05, 0.1) is 18.5 Å². The summed E-state index contributed by atoms with van der Waals surface area (Å²) >= 11 is 1.58. The number of aromatic nitrogens is 5. The quantitative estimate of drug-likeness (QED) is 0.598. The summed E-state index contributed by atoms with van der Waals surface area (Å²) in [5.74, 6) is 2.08. The van der Waals surface area contributed by atoms with E-state index >= 15 is 0 Å². The summed E-state index contributed by atoms with van der Waals surface area (Å²) in [7, 11) is 0. The standard InChI is InChI=1S/C18H22N6O2S/c1-3-24-17(23-9-11-25-12-10-23)20-21-18(24)27-13(2)16-19-15(22-26-16)14-7-5-4-6-8-14/h4-8,13H,3,9-12H2,1-2H3. The smallest absolute Gasteiger partial charge is 0.240 e. The molecule has 1 aromatic carbocycles. The van der Waals surface area contributed by atoms with E-state index in [0.29, 0.717) is 11.7 Å². The Morgan fingerprint density at radius 2 is 1.93 bits per heavy atom. The fourth-order valence-corrected chi connectivity index (χ4v) is 3.89. The zero-order chi connectivity index (χ0) is 18.6. The average molecular weight is 386 g/mol. The Labute approximate surface area is 161 Å². The van der Waals surface area contributed by atoms with E-state index in [2.05, 4.69) is 36.7 Å². The van der Waals surface area contributed by atoms with E-state index in [-0.39, 0.29) is 5.25 Å². The van der Waals surface area contributed by atoms with Crippen LogP contribution in [0.25, 0.3) is 11.4 Å². The largest absolute Gasteiger partial charge is 0.378 e. The normalized spacial score (nSPS) is 15.9. The Bertz CT molecular complexity index is 875. The van der Waals surface area contributed by atoms with E-state index < -0.39 is 0 Å². The maximum atomic E-state index is 5.48. The zero-order valence-electron chi connectivity index (χ0n) is 15.4. The van der Waals surface area contributed by atoms with Crippen molar-refractivity contribution in [2.24, 2.45) is 0 Å². The Hall–Kier alpha value is -2.39. The first-order chi connectivity index (χ1) is 13.3. The van der Waals surface area contributed by atoms with Crippen molar-refractivity contribution in [3.63, 3.8) is 0 Å². The Balaban J connectivity index is 1.50. The van der Waals surface area contributed by atoms with Crippen LogP contribution in [0.5, 0.6) is 0 Å². The molecule has 1 aliphatic rings. The molecule has 1 unspecified atom stereocenters. The molecule has 3 heterocycles. The SMILES string of the molecule is CCn1c(SC(C)c2nc(-c3ccccc3)no2)nnc1N1CCOCC1. The van der Waals surface area contributed by atoms with E-state index in [1.165, 1.54) is 0 Å². The summed E-state index contributed by atoms with van der Waals surface area (Å²) in [6, 6.07) is 9.82. The van der Waals surface area contributed by atoms with Gasteiger partial charge in [-0.1, -0.05) is 47.3 Å². The van der Waals surface area contributed by atoms with E-state index in [9.17, 15) is 0 Å². The second-order valence-corrected chi connectivity index (χ2v) is 7.52. The van der Waals surface area contributed by atoms with Crippen molar-refractivity contribution in [2.45, 2.75) is 30.8 Å². The molecule has 1 aliphatic heterocycles. The molecule has 0 bridgehead atoms. The van der Waals surface area contributed by atoms with E-state index in [1.807, 2.05) is 37.3 Å². The first kappa shape index (κ1) is 18.0. The third kappa shape index (κ3) is 3.84. The number of morpholine rings is 1. The number of anilines is 1. The molecule has 1 fully saturated rings. The first-order valence-corrected chi connectivity index (χ1v) is 9.95. The van der Waals surface area contributed by atoms with Crippen LogP contribution in [0.1, 0.15) is 25.0 Å². The Morgan fingerprint density at radius 1 is 1.15 bits per heavy atom. The summed E-state index contributed by atoms with van der Waals surface area (Å²) < 4.78 is 13.0. The molecule has 8 nitrogen and oxygen atoms in total. The van der Waals surface area contributed by atoms with Crippen LogP contribution in [0.4, 0.5) is 5.95 Å². The summed E-state index contributed by atoms with van der Waals surface area (Å²) in [5.41, 5.74) is 0.941. The summed E-state index contributed by atoms with van der Waals surface area (Å²) in [6.07, 6.45) is 0. The Morgan fingerprint density at radius 3 is 2.67 bits per heavy atom. The minimum absolute atomic E-state index is 0.0259. The third-order valence-corrected chi connectivity index (χ3v) is 5.48. The number of rotatable bonds is 6. The van der Waals surface area contributed by atoms with Gasteiger partial charge in [-0.15, -0.1) is 10.2 Å². The molecular formula is C18H22N6O2S. The number of ether oxygens (including phenoxy) is 1. The highest BCUT2D eigenvalue weighted by Gasteiger charge is 2.23. The van der Waals surface area contributed by atoms with Gasteiger partial charge >= 0.3 is 0 Å². The van der Waals surface area contributed by atoms with Crippen molar-refractivity contribution in [1.29, 1.82) is 0 Å². The monoisotopic (exact) mass is 386 g/mol. The van der Waals surface area contributed by atoms with Crippen molar-refractivity contribution in [3.8, 4) is 11.4 Å². The van der Waals surface area contributed by atoms with Gasteiger partial charge in [0.15, 0.2) is 5.16 Å².